The van der Waals surface area contributed by atoms with E-state index in [1.54, 1.807) is 21.3 Å². The van der Waals surface area contributed by atoms with Crippen molar-refractivity contribution < 1.29 is 14.2 Å². The maximum Gasteiger partial charge on any atom is 0.203 e. The molecule has 14 heavy (non-hydrogen) atoms. The van der Waals surface area contributed by atoms with Gasteiger partial charge in [0.15, 0.2) is 11.5 Å². The highest BCUT2D eigenvalue weighted by atomic mass is 16.5. The Hall–Kier alpha value is -1.38. The molecule has 0 amide bonds. The average molecular weight is 194 g/mol. The molecule has 1 aromatic rings. The largest absolute Gasteiger partial charge is 0.493 e. The molecule has 0 aliphatic rings. The Bertz CT molecular complexity index is 277. The molecular formula is C11H14O3. The van der Waals surface area contributed by atoms with Crippen LogP contribution in [0.2, 0.25) is 0 Å². The molecule has 0 saturated heterocycles. The van der Waals surface area contributed by atoms with Gasteiger partial charge in [-0.05, 0) is 6.07 Å². The van der Waals surface area contributed by atoms with Gasteiger partial charge < -0.3 is 14.2 Å². The molecule has 1 aromatic carbocycles. The number of benzene rings is 1. The molecule has 3 heteroatoms. The van der Waals surface area contributed by atoms with E-state index < -0.39 is 0 Å². The highest BCUT2D eigenvalue weighted by molar-refractivity contribution is 5.57. The summed E-state index contributed by atoms with van der Waals surface area (Å²) in [5.74, 6) is 1.90. The summed E-state index contributed by atoms with van der Waals surface area (Å²) in [5, 5.41) is 0. The Morgan fingerprint density at radius 1 is 0.929 bits per heavy atom. The summed E-state index contributed by atoms with van der Waals surface area (Å²) in [4.78, 5) is 0. The lowest BCUT2D eigenvalue weighted by Gasteiger charge is -2.14. The summed E-state index contributed by atoms with van der Waals surface area (Å²) in [6.45, 7) is 1.82. The van der Waals surface area contributed by atoms with Gasteiger partial charge in [-0.1, -0.05) is 13.0 Å². The molecule has 0 unspecified atom stereocenters. The van der Waals surface area contributed by atoms with Crippen LogP contribution in [0.25, 0.3) is 0 Å². The summed E-state index contributed by atoms with van der Waals surface area (Å²) in [6.07, 6.45) is 3.01. The lowest BCUT2D eigenvalue weighted by atomic mass is 10.1. The van der Waals surface area contributed by atoms with Gasteiger partial charge in [0, 0.05) is 12.0 Å². The number of ether oxygens (including phenoxy) is 3. The molecular weight excluding hydrogens is 180 g/mol. The molecule has 0 aliphatic carbocycles. The van der Waals surface area contributed by atoms with Crippen LogP contribution < -0.4 is 14.2 Å². The Morgan fingerprint density at radius 2 is 1.57 bits per heavy atom. The third kappa shape index (κ3) is 1.76. The Labute approximate surface area is 84.6 Å². The zero-order valence-corrected chi connectivity index (χ0v) is 8.88. The van der Waals surface area contributed by atoms with Crippen molar-refractivity contribution in [2.24, 2.45) is 0 Å². The maximum atomic E-state index is 5.23. The van der Waals surface area contributed by atoms with Crippen molar-refractivity contribution in [3.8, 4) is 17.2 Å². The zero-order chi connectivity index (χ0) is 10.6. The fourth-order valence-electron chi connectivity index (χ4n) is 1.30. The van der Waals surface area contributed by atoms with E-state index in [1.807, 2.05) is 19.1 Å². The number of hydrogen-bond acceptors (Lipinski definition) is 3. The highest BCUT2D eigenvalue weighted by Gasteiger charge is 2.14. The quantitative estimate of drug-likeness (QED) is 0.735. The predicted octanol–water partition coefficient (Wildman–Crippen LogP) is 2.16. The van der Waals surface area contributed by atoms with Crippen LogP contribution in [0.4, 0.5) is 0 Å². The Kier molecular flexibility index (Phi) is 3.63. The standard InChI is InChI=1S/C11H14O3/c1-5-8-6-7-9(12-2)11(14-4)10(8)13-3/h6-7H,1-4H3. The van der Waals surface area contributed by atoms with E-state index in [2.05, 4.69) is 6.42 Å². The third-order valence-electron chi connectivity index (χ3n) is 1.97. The van der Waals surface area contributed by atoms with Gasteiger partial charge in [0.05, 0.1) is 21.3 Å². The van der Waals surface area contributed by atoms with Crippen molar-refractivity contribution in [1.82, 2.24) is 0 Å². The van der Waals surface area contributed by atoms with E-state index in [4.69, 9.17) is 14.2 Å². The van der Waals surface area contributed by atoms with Gasteiger partial charge in [0.2, 0.25) is 5.75 Å². The number of methoxy groups -OCH3 is 3. The second kappa shape index (κ2) is 4.74. The first-order valence-corrected chi connectivity index (χ1v) is 4.25. The molecule has 0 atom stereocenters. The van der Waals surface area contributed by atoms with Gasteiger partial charge in [0.25, 0.3) is 0 Å². The first-order chi connectivity index (χ1) is 6.78. The number of rotatable bonds is 4. The normalized spacial score (nSPS) is 9.71. The minimum atomic E-state index is 0.599. The molecule has 0 saturated carbocycles. The third-order valence-corrected chi connectivity index (χ3v) is 1.97. The van der Waals surface area contributed by atoms with Crippen LogP contribution in [0.5, 0.6) is 17.2 Å². The second-order valence-corrected chi connectivity index (χ2v) is 2.63. The number of hydrogen-bond donors (Lipinski definition) is 0. The smallest absolute Gasteiger partial charge is 0.203 e. The topological polar surface area (TPSA) is 27.7 Å². The van der Waals surface area contributed by atoms with E-state index in [0.717, 1.165) is 5.56 Å². The van der Waals surface area contributed by atoms with Crippen molar-refractivity contribution in [2.75, 3.05) is 21.3 Å². The molecule has 0 N–H and O–H groups in total. The van der Waals surface area contributed by atoms with Gasteiger partial charge in [-0.2, -0.15) is 0 Å². The zero-order valence-electron chi connectivity index (χ0n) is 8.88. The SMILES string of the molecule is C[C]c1ccc(OC)c(OC)c1OC. The molecule has 3 nitrogen and oxygen atoms in total. The first kappa shape index (κ1) is 10.7. The Balaban J connectivity index is 3.28. The van der Waals surface area contributed by atoms with Crippen LogP contribution in [0.1, 0.15) is 12.5 Å². The van der Waals surface area contributed by atoms with E-state index in [0.29, 0.717) is 17.2 Å². The lowest BCUT2D eigenvalue weighted by Crippen LogP contribution is -1.97. The molecule has 2 radical (unpaired) electrons. The lowest BCUT2D eigenvalue weighted by molar-refractivity contribution is 0.323. The summed E-state index contributed by atoms with van der Waals surface area (Å²) >= 11 is 0. The van der Waals surface area contributed by atoms with Gasteiger partial charge in [-0.3, -0.25) is 0 Å². The van der Waals surface area contributed by atoms with Crippen LogP contribution in [-0.4, -0.2) is 21.3 Å². The highest BCUT2D eigenvalue weighted by Crippen LogP contribution is 2.40. The van der Waals surface area contributed by atoms with Crippen LogP contribution in [0.15, 0.2) is 12.1 Å². The van der Waals surface area contributed by atoms with Crippen LogP contribution >= 0.6 is 0 Å². The minimum Gasteiger partial charge on any atom is -0.493 e. The fourth-order valence-corrected chi connectivity index (χ4v) is 1.30. The summed E-state index contributed by atoms with van der Waals surface area (Å²) in [6, 6.07) is 3.70. The van der Waals surface area contributed by atoms with Crippen molar-refractivity contribution in [3.63, 3.8) is 0 Å². The molecule has 0 bridgehead atoms. The van der Waals surface area contributed by atoms with E-state index in [-0.39, 0.29) is 0 Å². The van der Waals surface area contributed by atoms with Crippen LogP contribution in [0.3, 0.4) is 0 Å². The Morgan fingerprint density at radius 3 is 2.00 bits per heavy atom. The van der Waals surface area contributed by atoms with Crippen LogP contribution in [0, 0.1) is 6.42 Å². The summed E-state index contributed by atoms with van der Waals surface area (Å²) in [7, 11) is 4.77. The minimum absolute atomic E-state index is 0.599. The summed E-state index contributed by atoms with van der Waals surface area (Å²) in [5.41, 5.74) is 0.866. The van der Waals surface area contributed by atoms with Crippen molar-refractivity contribution >= 4 is 0 Å². The second-order valence-electron chi connectivity index (χ2n) is 2.63. The van der Waals surface area contributed by atoms with Crippen LogP contribution in [-0.2, 0) is 0 Å². The van der Waals surface area contributed by atoms with E-state index >= 15 is 0 Å². The van der Waals surface area contributed by atoms with E-state index in [9.17, 15) is 0 Å². The maximum absolute atomic E-state index is 5.23. The van der Waals surface area contributed by atoms with Crippen molar-refractivity contribution in [3.05, 3.63) is 24.1 Å². The molecule has 76 valence electrons. The fraction of sp³-hybridized carbons (Fsp3) is 0.364. The molecule has 0 heterocycles. The first-order valence-electron chi connectivity index (χ1n) is 4.25. The van der Waals surface area contributed by atoms with Gasteiger partial charge in [-0.25, -0.2) is 0 Å². The molecule has 0 aromatic heterocycles. The molecule has 0 aliphatic heterocycles. The molecule has 0 fully saturated rings. The average Bonchev–Trinajstić information content (AvgIpc) is 2.26. The summed E-state index contributed by atoms with van der Waals surface area (Å²) < 4.78 is 15.6. The predicted molar refractivity (Wildman–Crippen MR) is 54.1 cm³/mol. The monoisotopic (exact) mass is 194 g/mol. The van der Waals surface area contributed by atoms with E-state index in [1.165, 1.54) is 0 Å². The van der Waals surface area contributed by atoms with Gasteiger partial charge in [0.1, 0.15) is 0 Å². The van der Waals surface area contributed by atoms with Gasteiger partial charge >= 0.3 is 0 Å². The van der Waals surface area contributed by atoms with Crippen molar-refractivity contribution in [1.29, 1.82) is 0 Å². The molecule has 0 spiro atoms. The van der Waals surface area contributed by atoms with Gasteiger partial charge in [-0.15, -0.1) is 0 Å². The molecule has 1 rings (SSSR count). The van der Waals surface area contributed by atoms with Crippen molar-refractivity contribution in [2.45, 2.75) is 6.92 Å².